The van der Waals surface area contributed by atoms with Gasteiger partial charge in [-0.3, -0.25) is 0 Å². The van der Waals surface area contributed by atoms with Crippen LogP contribution in [-0.4, -0.2) is 4.98 Å². The first-order valence-corrected chi connectivity index (χ1v) is 6.27. The quantitative estimate of drug-likeness (QED) is 0.819. The van der Waals surface area contributed by atoms with Crippen LogP contribution in [0, 0.1) is 18.3 Å². The van der Waals surface area contributed by atoms with Gasteiger partial charge in [-0.25, -0.2) is 4.98 Å². The average Bonchev–Trinajstić information content (AvgIpc) is 2.34. The number of ether oxygens (including phenoxy) is 1. The van der Waals surface area contributed by atoms with Crippen molar-refractivity contribution >= 4 is 27.5 Å². The highest BCUT2D eigenvalue weighted by molar-refractivity contribution is 9.10. The summed E-state index contributed by atoms with van der Waals surface area (Å²) in [5, 5.41) is 9.63. The van der Waals surface area contributed by atoms with Crippen molar-refractivity contribution in [1.82, 2.24) is 4.98 Å². The van der Waals surface area contributed by atoms with E-state index in [-0.39, 0.29) is 5.69 Å². The van der Waals surface area contributed by atoms with Gasteiger partial charge in [0.15, 0.2) is 11.4 Å². The zero-order valence-corrected chi connectivity index (χ0v) is 11.8. The molecule has 1 aromatic heterocycles. The minimum atomic E-state index is 0.241. The Hall–Kier alpha value is -1.57. The molecule has 0 aliphatic rings. The summed E-state index contributed by atoms with van der Waals surface area (Å²) in [5.41, 5.74) is 1.15. The van der Waals surface area contributed by atoms with Crippen LogP contribution in [0.5, 0.6) is 11.5 Å². The minimum absolute atomic E-state index is 0.241. The molecule has 2 rings (SSSR count). The third-order valence-electron chi connectivity index (χ3n) is 2.28. The summed E-state index contributed by atoms with van der Waals surface area (Å²) in [6, 6.07) is 9.00. The van der Waals surface area contributed by atoms with Gasteiger partial charge < -0.3 is 4.74 Å². The number of aryl methyl sites for hydroxylation is 1. The van der Waals surface area contributed by atoms with Gasteiger partial charge in [-0.1, -0.05) is 11.6 Å². The Kier molecular flexibility index (Phi) is 3.85. The monoisotopic (exact) mass is 322 g/mol. The Morgan fingerprint density at radius 2 is 2.17 bits per heavy atom. The number of nitrogens with zero attached hydrogens (tertiary/aromatic N) is 2. The number of hydrogen-bond acceptors (Lipinski definition) is 3. The fourth-order valence-corrected chi connectivity index (χ4v) is 1.82. The summed E-state index contributed by atoms with van der Waals surface area (Å²) < 4.78 is 6.40. The Balaban J connectivity index is 2.36. The van der Waals surface area contributed by atoms with E-state index in [1.54, 1.807) is 24.4 Å². The molecule has 0 saturated heterocycles. The van der Waals surface area contributed by atoms with Crippen molar-refractivity contribution in [2.24, 2.45) is 0 Å². The predicted octanol–water partition coefficient (Wildman–Crippen LogP) is 4.47. The average molecular weight is 324 g/mol. The number of nitriles is 1. The van der Waals surface area contributed by atoms with Crippen molar-refractivity contribution in [2.45, 2.75) is 6.92 Å². The normalized spacial score (nSPS) is 9.89. The first kappa shape index (κ1) is 12.9. The molecule has 0 fully saturated rings. The molecule has 3 nitrogen and oxygen atoms in total. The fourth-order valence-electron chi connectivity index (χ4n) is 1.39. The Morgan fingerprint density at radius 1 is 1.39 bits per heavy atom. The molecular weight excluding hydrogens is 316 g/mol. The van der Waals surface area contributed by atoms with E-state index < -0.39 is 0 Å². The lowest BCUT2D eigenvalue weighted by molar-refractivity contribution is 0.477. The van der Waals surface area contributed by atoms with Gasteiger partial charge in [-0.05, 0) is 52.7 Å². The molecule has 18 heavy (non-hydrogen) atoms. The van der Waals surface area contributed by atoms with Crippen LogP contribution in [0.25, 0.3) is 0 Å². The highest BCUT2D eigenvalue weighted by Gasteiger charge is 2.08. The number of aromatic nitrogens is 1. The minimum Gasteiger partial charge on any atom is -0.454 e. The summed E-state index contributed by atoms with van der Waals surface area (Å²) in [7, 11) is 0. The van der Waals surface area contributed by atoms with E-state index in [4.69, 9.17) is 21.6 Å². The molecule has 90 valence electrons. The first-order valence-electron chi connectivity index (χ1n) is 5.10. The molecule has 1 aromatic carbocycles. The van der Waals surface area contributed by atoms with E-state index in [2.05, 4.69) is 20.9 Å². The molecule has 0 bridgehead atoms. The summed E-state index contributed by atoms with van der Waals surface area (Å²) >= 11 is 9.23. The summed E-state index contributed by atoms with van der Waals surface area (Å²) in [5.74, 6) is 1.03. The van der Waals surface area contributed by atoms with E-state index >= 15 is 0 Å². The van der Waals surface area contributed by atoms with Crippen molar-refractivity contribution < 1.29 is 4.74 Å². The van der Waals surface area contributed by atoms with E-state index in [9.17, 15) is 0 Å². The van der Waals surface area contributed by atoms with Gasteiger partial charge in [0.2, 0.25) is 0 Å². The second kappa shape index (κ2) is 5.38. The van der Waals surface area contributed by atoms with E-state index in [1.165, 1.54) is 0 Å². The van der Waals surface area contributed by atoms with Crippen molar-refractivity contribution in [3.05, 3.63) is 51.2 Å². The molecule has 5 heteroatoms. The van der Waals surface area contributed by atoms with Gasteiger partial charge in [0.25, 0.3) is 0 Å². The van der Waals surface area contributed by atoms with Crippen LogP contribution < -0.4 is 4.74 Å². The van der Waals surface area contributed by atoms with Gasteiger partial charge in [0.05, 0.1) is 0 Å². The van der Waals surface area contributed by atoms with Gasteiger partial charge in [-0.15, -0.1) is 0 Å². The lowest BCUT2D eigenvalue weighted by atomic mass is 10.2. The smallest absolute Gasteiger partial charge is 0.183 e. The predicted molar refractivity (Wildman–Crippen MR) is 72.9 cm³/mol. The Morgan fingerprint density at radius 3 is 2.83 bits per heavy atom. The maximum atomic E-state index is 8.96. The standard InChI is InChI=1S/C13H8BrClN2O/c1-8-4-10(2-3-11(8)15)18-13-5-9(14)7-17-12(13)6-16/h2-5,7H,1H3. The first-order chi connectivity index (χ1) is 8.60. The summed E-state index contributed by atoms with van der Waals surface area (Å²) in [6.45, 7) is 1.89. The third kappa shape index (κ3) is 2.81. The van der Waals surface area contributed by atoms with E-state index in [0.717, 1.165) is 10.0 Å². The van der Waals surface area contributed by atoms with Crippen molar-refractivity contribution in [3.63, 3.8) is 0 Å². The zero-order chi connectivity index (χ0) is 13.1. The Bertz CT molecular complexity index is 637. The molecule has 0 saturated carbocycles. The van der Waals surface area contributed by atoms with Gasteiger partial charge in [0.1, 0.15) is 11.8 Å². The van der Waals surface area contributed by atoms with Crippen LogP contribution >= 0.6 is 27.5 Å². The van der Waals surface area contributed by atoms with Gasteiger partial charge >= 0.3 is 0 Å². The second-order valence-electron chi connectivity index (χ2n) is 3.63. The Labute approximate surface area is 118 Å². The van der Waals surface area contributed by atoms with Crippen LogP contribution in [0.4, 0.5) is 0 Å². The number of pyridine rings is 1. The molecule has 0 aliphatic carbocycles. The fraction of sp³-hybridized carbons (Fsp3) is 0.0769. The second-order valence-corrected chi connectivity index (χ2v) is 4.95. The highest BCUT2D eigenvalue weighted by Crippen LogP contribution is 2.29. The van der Waals surface area contributed by atoms with Crippen LogP contribution in [0.2, 0.25) is 5.02 Å². The van der Waals surface area contributed by atoms with Gasteiger partial charge in [0, 0.05) is 15.7 Å². The molecule has 2 aromatic rings. The molecule has 1 heterocycles. The summed E-state index contributed by atoms with van der Waals surface area (Å²) in [4.78, 5) is 3.97. The van der Waals surface area contributed by atoms with Crippen LogP contribution in [0.3, 0.4) is 0 Å². The summed E-state index contributed by atoms with van der Waals surface area (Å²) in [6.07, 6.45) is 1.55. The number of hydrogen-bond donors (Lipinski definition) is 0. The SMILES string of the molecule is Cc1cc(Oc2cc(Br)cnc2C#N)ccc1Cl. The number of halogens is 2. The van der Waals surface area contributed by atoms with Crippen molar-refractivity contribution in [3.8, 4) is 17.6 Å². The zero-order valence-electron chi connectivity index (χ0n) is 9.45. The van der Waals surface area contributed by atoms with Crippen LogP contribution in [0.1, 0.15) is 11.3 Å². The van der Waals surface area contributed by atoms with Crippen molar-refractivity contribution in [1.29, 1.82) is 5.26 Å². The van der Waals surface area contributed by atoms with E-state index in [0.29, 0.717) is 16.5 Å². The number of benzene rings is 1. The largest absolute Gasteiger partial charge is 0.454 e. The van der Waals surface area contributed by atoms with Crippen molar-refractivity contribution in [2.75, 3.05) is 0 Å². The molecule has 0 radical (unpaired) electrons. The maximum Gasteiger partial charge on any atom is 0.183 e. The lowest BCUT2D eigenvalue weighted by Crippen LogP contribution is -1.92. The highest BCUT2D eigenvalue weighted by atomic mass is 79.9. The van der Waals surface area contributed by atoms with Crippen LogP contribution in [-0.2, 0) is 0 Å². The lowest BCUT2D eigenvalue weighted by Gasteiger charge is -2.08. The topological polar surface area (TPSA) is 45.9 Å². The maximum absolute atomic E-state index is 8.96. The molecule has 0 atom stereocenters. The van der Waals surface area contributed by atoms with Gasteiger partial charge in [-0.2, -0.15) is 5.26 Å². The molecule has 0 aliphatic heterocycles. The third-order valence-corrected chi connectivity index (χ3v) is 3.14. The molecule has 0 spiro atoms. The van der Waals surface area contributed by atoms with Crippen LogP contribution in [0.15, 0.2) is 34.9 Å². The number of rotatable bonds is 2. The van der Waals surface area contributed by atoms with E-state index in [1.807, 2.05) is 19.1 Å². The molecule has 0 N–H and O–H groups in total. The molecule has 0 unspecified atom stereocenters. The molecule has 0 amide bonds. The molecular formula is C13H8BrClN2O.